The van der Waals surface area contributed by atoms with Crippen molar-refractivity contribution in [2.24, 2.45) is 0 Å². The fourth-order valence-electron chi connectivity index (χ4n) is 1.56. The van der Waals surface area contributed by atoms with E-state index in [1.54, 1.807) is 31.2 Å². The molecule has 2 rings (SSSR count). The Labute approximate surface area is 124 Å². The summed E-state index contributed by atoms with van der Waals surface area (Å²) in [5.74, 6) is -0.264. The van der Waals surface area contributed by atoms with Gasteiger partial charge in [-0.3, -0.25) is 9.78 Å². The Morgan fingerprint density at radius 1 is 1.42 bits per heavy atom. The number of nitrogens with zero attached hydrogens (tertiary/aromatic N) is 1. The fourth-order valence-corrected chi connectivity index (χ4v) is 2.34. The Kier molecular flexibility index (Phi) is 4.07. The number of carbonyl (C=O) groups excluding carboxylic acids is 1. The van der Waals surface area contributed by atoms with Crippen LogP contribution in [0.25, 0.3) is 0 Å². The van der Waals surface area contributed by atoms with Crippen molar-refractivity contribution in [1.82, 2.24) is 4.98 Å². The molecule has 0 saturated heterocycles. The quantitative estimate of drug-likeness (QED) is 0.877. The first-order valence-electron chi connectivity index (χ1n) is 5.46. The predicted octanol–water partition coefficient (Wildman–Crippen LogP) is 3.64. The van der Waals surface area contributed by atoms with Gasteiger partial charge >= 0.3 is 0 Å². The van der Waals surface area contributed by atoms with Crippen molar-refractivity contribution in [1.29, 1.82) is 0 Å². The number of rotatable bonds is 2. The second kappa shape index (κ2) is 5.59. The maximum absolute atomic E-state index is 12.2. The SMILES string of the molecule is Cc1ncc(N)cc1C(=O)Nc1ccc(Cl)cc1Br. The Hall–Kier alpha value is -1.59. The number of halogens is 2. The summed E-state index contributed by atoms with van der Waals surface area (Å²) in [4.78, 5) is 16.2. The summed E-state index contributed by atoms with van der Waals surface area (Å²) in [6.45, 7) is 1.76. The summed E-state index contributed by atoms with van der Waals surface area (Å²) >= 11 is 9.19. The van der Waals surface area contributed by atoms with E-state index < -0.39 is 0 Å². The number of aromatic nitrogens is 1. The summed E-state index contributed by atoms with van der Waals surface area (Å²) in [6, 6.07) is 6.73. The molecule has 6 heteroatoms. The van der Waals surface area contributed by atoms with Crippen LogP contribution in [0.4, 0.5) is 11.4 Å². The van der Waals surface area contributed by atoms with E-state index in [9.17, 15) is 4.79 Å². The molecule has 0 atom stereocenters. The zero-order chi connectivity index (χ0) is 14.0. The summed E-state index contributed by atoms with van der Waals surface area (Å²) in [5.41, 5.74) is 7.79. The zero-order valence-corrected chi connectivity index (χ0v) is 12.4. The highest BCUT2D eigenvalue weighted by molar-refractivity contribution is 9.10. The molecule has 1 aromatic carbocycles. The molecular weight excluding hydrogens is 330 g/mol. The van der Waals surface area contributed by atoms with Crippen LogP contribution in [0.3, 0.4) is 0 Å². The van der Waals surface area contributed by atoms with E-state index >= 15 is 0 Å². The van der Waals surface area contributed by atoms with E-state index in [1.165, 1.54) is 6.20 Å². The molecule has 19 heavy (non-hydrogen) atoms. The third-order valence-electron chi connectivity index (χ3n) is 2.53. The lowest BCUT2D eigenvalue weighted by Crippen LogP contribution is -2.14. The molecule has 3 N–H and O–H groups in total. The van der Waals surface area contributed by atoms with Gasteiger partial charge in [0, 0.05) is 9.50 Å². The molecule has 0 unspecified atom stereocenters. The average Bonchev–Trinajstić information content (AvgIpc) is 2.35. The van der Waals surface area contributed by atoms with Gasteiger partial charge in [-0.1, -0.05) is 11.6 Å². The van der Waals surface area contributed by atoms with Gasteiger partial charge in [0.25, 0.3) is 5.91 Å². The van der Waals surface area contributed by atoms with Crippen LogP contribution in [0.1, 0.15) is 16.1 Å². The number of hydrogen-bond donors (Lipinski definition) is 2. The highest BCUT2D eigenvalue weighted by Gasteiger charge is 2.12. The predicted molar refractivity (Wildman–Crippen MR) is 80.5 cm³/mol. The first-order valence-corrected chi connectivity index (χ1v) is 6.63. The lowest BCUT2D eigenvalue weighted by atomic mass is 10.1. The first-order chi connectivity index (χ1) is 8.97. The second-order valence-electron chi connectivity index (χ2n) is 3.98. The van der Waals surface area contributed by atoms with Crippen molar-refractivity contribution in [3.63, 3.8) is 0 Å². The Balaban J connectivity index is 2.28. The fraction of sp³-hybridized carbons (Fsp3) is 0.0769. The number of aryl methyl sites for hydroxylation is 1. The average molecular weight is 341 g/mol. The van der Waals surface area contributed by atoms with Crippen LogP contribution >= 0.6 is 27.5 Å². The number of benzene rings is 1. The number of amides is 1. The van der Waals surface area contributed by atoms with Crippen LogP contribution in [0, 0.1) is 6.92 Å². The normalized spacial score (nSPS) is 10.3. The monoisotopic (exact) mass is 339 g/mol. The third-order valence-corrected chi connectivity index (χ3v) is 3.42. The van der Waals surface area contributed by atoms with Crippen molar-refractivity contribution in [3.8, 4) is 0 Å². The molecular formula is C13H11BrClN3O. The first kappa shape index (κ1) is 13.8. The van der Waals surface area contributed by atoms with Gasteiger partial charge in [0.1, 0.15) is 0 Å². The molecule has 0 fully saturated rings. The molecule has 0 aliphatic rings. The molecule has 0 saturated carbocycles. The maximum atomic E-state index is 12.2. The largest absolute Gasteiger partial charge is 0.397 e. The minimum Gasteiger partial charge on any atom is -0.397 e. The molecule has 1 aromatic heterocycles. The Morgan fingerprint density at radius 2 is 2.16 bits per heavy atom. The molecule has 0 aliphatic heterocycles. The number of nitrogens with two attached hydrogens (primary N) is 1. The topological polar surface area (TPSA) is 68.0 Å². The molecule has 0 radical (unpaired) electrons. The lowest BCUT2D eigenvalue weighted by Gasteiger charge is -2.09. The van der Waals surface area contributed by atoms with Crippen LogP contribution < -0.4 is 11.1 Å². The zero-order valence-electron chi connectivity index (χ0n) is 10.1. The van der Waals surface area contributed by atoms with Crippen LogP contribution in [-0.2, 0) is 0 Å². The van der Waals surface area contributed by atoms with Gasteiger partial charge in [0.2, 0.25) is 0 Å². The lowest BCUT2D eigenvalue weighted by molar-refractivity contribution is 0.102. The molecule has 1 amide bonds. The van der Waals surface area contributed by atoms with E-state index in [-0.39, 0.29) is 5.91 Å². The van der Waals surface area contributed by atoms with Crippen molar-refractivity contribution in [2.45, 2.75) is 6.92 Å². The van der Waals surface area contributed by atoms with Crippen molar-refractivity contribution in [3.05, 3.63) is 51.2 Å². The minimum atomic E-state index is -0.264. The second-order valence-corrected chi connectivity index (χ2v) is 5.27. The van der Waals surface area contributed by atoms with Gasteiger partial charge in [0.05, 0.1) is 28.8 Å². The van der Waals surface area contributed by atoms with Crippen LogP contribution in [0.5, 0.6) is 0 Å². The van der Waals surface area contributed by atoms with Gasteiger partial charge in [-0.15, -0.1) is 0 Å². The van der Waals surface area contributed by atoms with Gasteiger partial charge in [-0.2, -0.15) is 0 Å². The summed E-state index contributed by atoms with van der Waals surface area (Å²) in [7, 11) is 0. The van der Waals surface area contributed by atoms with Gasteiger partial charge in [0.15, 0.2) is 0 Å². The molecule has 4 nitrogen and oxygen atoms in total. The molecule has 1 heterocycles. The molecule has 2 aromatic rings. The van der Waals surface area contributed by atoms with Gasteiger partial charge in [-0.25, -0.2) is 0 Å². The number of hydrogen-bond acceptors (Lipinski definition) is 3. The summed E-state index contributed by atoms with van der Waals surface area (Å²) < 4.78 is 0.711. The number of nitrogens with one attached hydrogen (secondary N) is 1. The third kappa shape index (κ3) is 3.24. The van der Waals surface area contributed by atoms with E-state index in [2.05, 4.69) is 26.2 Å². The smallest absolute Gasteiger partial charge is 0.257 e. The van der Waals surface area contributed by atoms with Gasteiger partial charge < -0.3 is 11.1 Å². The van der Waals surface area contributed by atoms with E-state index in [1.807, 2.05) is 0 Å². The Morgan fingerprint density at radius 3 is 2.84 bits per heavy atom. The minimum absolute atomic E-state index is 0.264. The number of pyridine rings is 1. The van der Waals surface area contributed by atoms with E-state index in [0.717, 1.165) is 0 Å². The van der Waals surface area contributed by atoms with Crippen LogP contribution in [0.15, 0.2) is 34.9 Å². The standard InChI is InChI=1S/C13H11BrClN3O/c1-7-10(5-9(16)6-17-7)13(19)18-12-3-2-8(15)4-11(12)14/h2-6H,16H2,1H3,(H,18,19). The molecule has 0 spiro atoms. The highest BCUT2D eigenvalue weighted by atomic mass is 79.9. The van der Waals surface area contributed by atoms with Crippen molar-refractivity contribution >= 4 is 44.8 Å². The highest BCUT2D eigenvalue weighted by Crippen LogP contribution is 2.26. The number of carbonyl (C=O) groups is 1. The van der Waals surface area contributed by atoms with E-state index in [4.69, 9.17) is 17.3 Å². The maximum Gasteiger partial charge on any atom is 0.257 e. The molecule has 0 aliphatic carbocycles. The Bertz CT molecular complexity index is 646. The number of anilines is 2. The van der Waals surface area contributed by atoms with Gasteiger partial charge in [-0.05, 0) is 47.1 Å². The number of nitrogen functional groups attached to an aromatic ring is 1. The van der Waals surface area contributed by atoms with Crippen LogP contribution in [0.2, 0.25) is 5.02 Å². The van der Waals surface area contributed by atoms with Crippen LogP contribution in [-0.4, -0.2) is 10.9 Å². The van der Waals surface area contributed by atoms with Crippen molar-refractivity contribution in [2.75, 3.05) is 11.1 Å². The van der Waals surface area contributed by atoms with Crippen molar-refractivity contribution < 1.29 is 4.79 Å². The summed E-state index contributed by atoms with van der Waals surface area (Å²) in [5, 5.41) is 3.37. The summed E-state index contributed by atoms with van der Waals surface area (Å²) in [6.07, 6.45) is 1.52. The molecule has 98 valence electrons. The molecule has 0 bridgehead atoms. The van der Waals surface area contributed by atoms with E-state index in [0.29, 0.717) is 32.1 Å².